The number of thioether (sulfide) groups is 1. The lowest BCUT2D eigenvalue weighted by Crippen LogP contribution is -2.29. The highest BCUT2D eigenvalue weighted by molar-refractivity contribution is 7.99. The zero-order valence-electron chi connectivity index (χ0n) is 12.3. The summed E-state index contributed by atoms with van der Waals surface area (Å²) in [5.74, 6) is 4.42. The first kappa shape index (κ1) is 14.3. The van der Waals surface area contributed by atoms with E-state index in [9.17, 15) is 0 Å². The SMILES string of the molecule is CCCNC(c1cccc(OC2CC2)c1)C1CCSC1. The predicted molar refractivity (Wildman–Crippen MR) is 86.6 cm³/mol. The van der Waals surface area contributed by atoms with Gasteiger partial charge in [0.25, 0.3) is 0 Å². The Hall–Kier alpha value is -0.670. The highest BCUT2D eigenvalue weighted by Gasteiger charge is 2.27. The van der Waals surface area contributed by atoms with E-state index >= 15 is 0 Å². The topological polar surface area (TPSA) is 21.3 Å². The maximum atomic E-state index is 5.95. The summed E-state index contributed by atoms with van der Waals surface area (Å²) in [6.45, 7) is 3.33. The van der Waals surface area contributed by atoms with Crippen LogP contribution >= 0.6 is 11.8 Å². The summed E-state index contributed by atoms with van der Waals surface area (Å²) < 4.78 is 5.95. The molecule has 0 amide bonds. The number of hydrogen-bond donors (Lipinski definition) is 1. The molecule has 0 spiro atoms. The van der Waals surface area contributed by atoms with Crippen molar-refractivity contribution in [3.8, 4) is 5.75 Å². The van der Waals surface area contributed by atoms with Crippen LogP contribution in [0.3, 0.4) is 0 Å². The van der Waals surface area contributed by atoms with Crippen molar-refractivity contribution >= 4 is 11.8 Å². The molecule has 1 saturated carbocycles. The van der Waals surface area contributed by atoms with E-state index < -0.39 is 0 Å². The Morgan fingerprint density at radius 3 is 2.95 bits per heavy atom. The maximum absolute atomic E-state index is 5.95. The van der Waals surface area contributed by atoms with Gasteiger partial charge in [-0.2, -0.15) is 11.8 Å². The van der Waals surface area contributed by atoms with Gasteiger partial charge in [0.2, 0.25) is 0 Å². The minimum atomic E-state index is 0.481. The van der Waals surface area contributed by atoms with Gasteiger partial charge in [-0.05, 0) is 67.3 Å². The Labute approximate surface area is 126 Å². The minimum Gasteiger partial charge on any atom is -0.490 e. The molecule has 2 nitrogen and oxygen atoms in total. The molecule has 0 radical (unpaired) electrons. The highest BCUT2D eigenvalue weighted by atomic mass is 32.2. The summed E-state index contributed by atoms with van der Waals surface area (Å²) in [5.41, 5.74) is 1.41. The van der Waals surface area contributed by atoms with Crippen LogP contribution < -0.4 is 10.1 Å². The van der Waals surface area contributed by atoms with Gasteiger partial charge >= 0.3 is 0 Å². The van der Waals surface area contributed by atoms with E-state index in [-0.39, 0.29) is 0 Å². The van der Waals surface area contributed by atoms with E-state index in [0.29, 0.717) is 12.1 Å². The molecule has 20 heavy (non-hydrogen) atoms. The summed E-state index contributed by atoms with van der Waals surface area (Å²) in [6, 6.07) is 9.26. The van der Waals surface area contributed by atoms with Crippen molar-refractivity contribution in [3.05, 3.63) is 29.8 Å². The van der Waals surface area contributed by atoms with E-state index in [0.717, 1.165) is 18.2 Å². The van der Waals surface area contributed by atoms with Gasteiger partial charge in [-0.15, -0.1) is 0 Å². The fourth-order valence-electron chi connectivity index (χ4n) is 2.83. The molecule has 2 fully saturated rings. The van der Waals surface area contributed by atoms with Crippen LogP contribution in [0.5, 0.6) is 5.75 Å². The molecule has 1 aromatic rings. The molecule has 1 N–H and O–H groups in total. The number of benzene rings is 1. The van der Waals surface area contributed by atoms with Crippen molar-refractivity contribution < 1.29 is 4.74 Å². The molecule has 3 rings (SSSR count). The Bertz CT molecular complexity index is 427. The molecule has 1 heterocycles. The summed E-state index contributed by atoms with van der Waals surface area (Å²) in [7, 11) is 0. The first-order chi connectivity index (χ1) is 9.86. The summed E-state index contributed by atoms with van der Waals surface area (Å²) in [4.78, 5) is 0. The van der Waals surface area contributed by atoms with Crippen molar-refractivity contribution in [2.24, 2.45) is 5.92 Å². The monoisotopic (exact) mass is 291 g/mol. The van der Waals surface area contributed by atoms with Gasteiger partial charge < -0.3 is 10.1 Å². The third-order valence-electron chi connectivity index (χ3n) is 4.09. The van der Waals surface area contributed by atoms with E-state index in [1.165, 1.54) is 42.8 Å². The smallest absolute Gasteiger partial charge is 0.120 e. The molecule has 1 aliphatic heterocycles. The largest absolute Gasteiger partial charge is 0.490 e. The molecule has 110 valence electrons. The fourth-order valence-corrected chi connectivity index (χ4v) is 4.13. The Kier molecular flexibility index (Phi) is 4.90. The zero-order valence-corrected chi connectivity index (χ0v) is 13.1. The molecular weight excluding hydrogens is 266 g/mol. The maximum Gasteiger partial charge on any atom is 0.120 e. The number of rotatable bonds is 7. The Morgan fingerprint density at radius 1 is 1.35 bits per heavy atom. The van der Waals surface area contributed by atoms with Crippen LogP contribution in [0.1, 0.15) is 44.2 Å². The van der Waals surface area contributed by atoms with Gasteiger partial charge in [0.05, 0.1) is 6.10 Å². The van der Waals surface area contributed by atoms with Crippen molar-refractivity contribution in [3.63, 3.8) is 0 Å². The van der Waals surface area contributed by atoms with Crippen molar-refractivity contribution in [1.82, 2.24) is 5.32 Å². The lowest BCUT2D eigenvalue weighted by molar-refractivity contribution is 0.301. The van der Waals surface area contributed by atoms with Gasteiger partial charge in [0.1, 0.15) is 5.75 Å². The van der Waals surface area contributed by atoms with Gasteiger partial charge in [-0.3, -0.25) is 0 Å². The second-order valence-electron chi connectivity index (χ2n) is 5.95. The molecule has 2 unspecified atom stereocenters. The minimum absolute atomic E-state index is 0.481. The lowest BCUT2D eigenvalue weighted by Gasteiger charge is -2.25. The first-order valence-electron chi connectivity index (χ1n) is 7.94. The van der Waals surface area contributed by atoms with E-state index in [2.05, 4.69) is 48.3 Å². The van der Waals surface area contributed by atoms with Crippen LogP contribution in [0.25, 0.3) is 0 Å². The molecular formula is C17H25NOS. The van der Waals surface area contributed by atoms with Crippen molar-refractivity contribution in [2.75, 3.05) is 18.1 Å². The Morgan fingerprint density at radius 2 is 2.25 bits per heavy atom. The standard InChI is InChI=1S/C17H25NOS/c1-2-9-18-17(14-8-10-20-12-14)13-4-3-5-16(11-13)19-15-6-7-15/h3-5,11,14-15,17-18H,2,6-10,12H2,1H3. The second-order valence-corrected chi connectivity index (χ2v) is 7.09. The fraction of sp³-hybridized carbons (Fsp3) is 0.647. The molecule has 0 aromatic heterocycles. The van der Waals surface area contributed by atoms with Crippen LogP contribution in [0.15, 0.2) is 24.3 Å². The molecule has 3 heteroatoms. The molecule has 1 aromatic carbocycles. The molecule has 0 bridgehead atoms. The highest BCUT2D eigenvalue weighted by Crippen LogP contribution is 2.36. The molecule has 2 atom stereocenters. The molecule has 2 aliphatic rings. The lowest BCUT2D eigenvalue weighted by atomic mass is 9.92. The normalized spacial score (nSPS) is 23.8. The van der Waals surface area contributed by atoms with Crippen molar-refractivity contribution in [1.29, 1.82) is 0 Å². The van der Waals surface area contributed by atoms with Gasteiger partial charge in [-0.1, -0.05) is 19.1 Å². The van der Waals surface area contributed by atoms with E-state index in [1.54, 1.807) is 0 Å². The average molecular weight is 291 g/mol. The van der Waals surface area contributed by atoms with Crippen LogP contribution in [0.4, 0.5) is 0 Å². The van der Waals surface area contributed by atoms with Crippen LogP contribution in [-0.2, 0) is 0 Å². The quantitative estimate of drug-likeness (QED) is 0.820. The summed E-state index contributed by atoms with van der Waals surface area (Å²) in [6.07, 6.45) is 5.45. The van der Waals surface area contributed by atoms with Crippen LogP contribution in [0, 0.1) is 5.92 Å². The van der Waals surface area contributed by atoms with Gasteiger partial charge in [0, 0.05) is 6.04 Å². The second kappa shape index (κ2) is 6.86. The van der Waals surface area contributed by atoms with Gasteiger partial charge in [-0.25, -0.2) is 0 Å². The predicted octanol–water partition coefficient (Wildman–Crippen LogP) is 4.02. The molecule has 1 aliphatic carbocycles. The average Bonchev–Trinajstić information content (AvgIpc) is 3.11. The van der Waals surface area contributed by atoms with E-state index in [1.807, 2.05) is 0 Å². The van der Waals surface area contributed by atoms with Gasteiger partial charge in [0.15, 0.2) is 0 Å². The summed E-state index contributed by atoms with van der Waals surface area (Å²) in [5, 5.41) is 3.75. The van der Waals surface area contributed by atoms with E-state index in [4.69, 9.17) is 4.74 Å². The third kappa shape index (κ3) is 3.70. The van der Waals surface area contributed by atoms with Crippen LogP contribution in [-0.4, -0.2) is 24.2 Å². The third-order valence-corrected chi connectivity index (χ3v) is 5.28. The number of nitrogens with one attached hydrogen (secondary N) is 1. The number of ether oxygens (including phenoxy) is 1. The summed E-state index contributed by atoms with van der Waals surface area (Å²) >= 11 is 2.09. The molecule has 1 saturated heterocycles. The number of hydrogen-bond acceptors (Lipinski definition) is 3. The Balaban J connectivity index is 1.73. The zero-order chi connectivity index (χ0) is 13.8. The van der Waals surface area contributed by atoms with Crippen molar-refractivity contribution in [2.45, 2.75) is 44.8 Å². The van der Waals surface area contributed by atoms with Crippen LogP contribution in [0.2, 0.25) is 0 Å². The first-order valence-corrected chi connectivity index (χ1v) is 9.10.